The summed E-state index contributed by atoms with van der Waals surface area (Å²) in [6.07, 6.45) is 2.44. The molecular weight excluding hydrogens is 639 g/mol. The summed E-state index contributed by atoms with van der Waals surface area (Å²) in [5.74, 6) is 4.57. The van der Waals surface area contributed by atoms with E-state index in [1.165, 1.54) is 40.4 Å². The van der Waals surface area contributed by atoms with Crippen molar-refractivity contribution < 1.29 is 37.7 Å². The van der Waals surface area contributed by atoms with E-state index in [0.29, 0.717) is 35.0 Å². The van der Waals surface area contributed by atoms with Gasteiger partial charge in [-0.15, -0.1) is 11.3 Å². The van der Waals surface area contributed by atoms with E-state index in [1.807, 2.05) is 14.1 Å². The molecule has 13 heteroatoms. The third kappa shape index (κ3) is 14.5. The minimum atomic E-state index is -0.707. The van der Waals surface area contributed by atoms with Crippen LogP contribution in [0.25, 0.3) is 0 Å². The third-order valence-corrected chi connectivity index (χ3v) is 7.53. The number of hydrogen-bond acceptors (Lipinski definition) is 10. The second-order valence-electron chi connectivity index (χ2n) is 13.5. The van der Waals surface area contributed by atoms with Crippen molar-refractivity contribution in [2.24, 2.45) is 0 Å². The fourth-order valence-electron chi connectivity index (χ4n) is 4.11. The van der Waals surface area contributed by atoms with Gasteiger partial charge in [0.25, 0.3) is 0 Å². The van der Waals surface area contributed by atoms with E-state index >= 15 is 0 Å². The van der Waals surface area contributed by atoms with E-state index in [2.05, 4.69) is 21.7 Å². The number of halogens is 1. The summed E-state index contributed by atoms with van der Waals surface area (Å²) >= 11 is 1.23. The van der Waals surface area contributed by atoms with Crippen LogP contribution in [0.4, 0.5) is 19.1 Å². The number of aryl methyl sites for hydroxylation is 1. The molecule has 2 aromatic rings. The minimum absolute atomic E-state index is 0.0648. The Morgan fingerprint density at radius 2 is 1.56 bits per heavy atom. The smallest absolute Gasteiger partial charge is 0.416 e. The number of rotatable bonds is 14. The van der Waals surface area contributed by atoms with Crippen molar-refractivity contribution in [3.8, 4) is 17.6 Å². The first-order valence-corrected chi connectivity index (χ1v) is 16.8. The highest BCUT2D eigenvalue weighted by atomic mass is 32.1. The third-order valence-electron chi connectivity index (χ3n) is 6.39. The number of hydrogen-bond donors (Lipinski definition) is 0. The monoisotopic (exact) mass is 690 g/mol. The van der Waals surface area contributed by atoms with Crippen LogP contribution in [0.1, 0.15) is 88.2 Å². The number of unbranched alkanes of at least 4 members (excludes halogenated alkanes) is 2. The van der Waals surface area contributed by atoms with E-state index in [1.54, 1.807) is 54.7 Å². The van der Waals surface area contributed by atoms with Crippen molar-refractivity contribution in [1.82, 2.24) is 14.8 Å². The molecule has 0 bridgehead atoms. The lowest BCUT2D eigenvalue weighted by Crippen LogP contribution is -2.37. The molecule has 48 heavy (non-hydrogen) atoms. The van der Waals surface area contributed by atoms with E-state index in [0.717, 1.165) is 25.8 Å². The fourth-order valence-corrected chi connectivity index (χ4v) is 5.22. The molecule has 0 spiro atoms. The lowest BCUT2D eigenvalue weighted by atomic mass is 10.2. The predicted molar refractivity (Wildman–Crippen MR) is 185 cm³/mol. The average Bonchev–Trinajstić information content (AvgIpc) is 3.39. The summed E-state index contributed by atoms with van der Waals surface area (Å²) in [6, 6.07) is 4.40. The molecule has 0 fully saturated rings. The van der Waals surface area contributed by atoms with Crippen molar-refractivity contribution in [2.75, 3.05) is 59.4 Å². The van der Waals surface area contributed by atoms with Crippen LogP contribution in [0.5, 0.6) is 5.75 Å². The molecule has 0 aliphatic carbocycles. The van der Waals surface area contributed by atoms with Crippen molar-refractivity contribution in [3.63, 3.8) is 0 Å². The number of aromatic nitrogens is 1. The summed E-state index contributed by atoms with van der Waals surface area (Å²) in [7, 11) is 6.89. The molecule has 0 unspecified atom stereocenters. The van der Waals surface area contributed by atoms with Crippen LogP contribution in [0.3, 0.4) is 0 Å². The molecule has 11 nitrogen and oxygen atoms in total. The van der Waals surface area contributed by atoms with Crippen LogP contribution in [0.15, 0.2) is 18.2 Å². The fraction of sp³-hybridized carbons (Fsp3) is 0.600. The van der Waals surface area contributed by atoms with Gasteiger partial charge in [-0.3, -0.25) is 4.90 Å². The van der Waals surface area contributed by atoms with Crippen LogP contribution in [-0.2, 0) is 20.6 Å². The molecule has 0 N–H and O–H groups in total. The second kappa shape index (κ2) is 18.6. The number of esters is 1. The van der Waals surface area contributed by atoms with Crippen molar-refractivity contribution in [3.05, 3.63) is 40.2 Å². The Bertz CT molecular complexity index is 1440. The Labute approximate surface area is 288 Å². The van der Waals surface area contributed by atoms with E-state index in [-0.39, 0.29) is 24.6 Å². The molecule has 0 aliphatic rings. The molecule has 0 saturated heterocycles. The number of thiazole rings is 1. The number of methoxy groups -OCH3 is 1. The van der Waals surface area contributed by atoms with Gasteiger partial charge in [-0.25, -0.2) is 23.8 Å². The summed E-state index contributed by atoms with van der Waals surface area (Å²) in [5, 5.41) is 0.355. The van der Waals surface area contributed by atoms with E-state index in [9.17, 15) is 18.8 Å². The Kier molecular flexibility index (Phi) is 15.6. The normalized spacial score (nSPS) is 11.4. The van der Waals surface area contributed by atoms with Gasteiger partial charge in [0.05, 0.1) is 20.3 Å². The largest absolute Gasteiger partial charge is 0.491 e. The first-order chi connectivity index (χ1) is 22.4. The van der Waals surface area contributed by atoms with Gasteiger partial charge in [-0.1, -0.05) is 18.3 Å². The summed E-state index contributed by atoms with van der Waals surface area (Å²) in [6.45, 7) is 12.4. The SMILES string of the molecule is COC(=O)c1nc(N(CCCCCN(C)C)C(=O)OC(C)(C)C)sc1CCCOc1ccc(C#CCN(C)C(=O)OC(C)(C)C)cc1F. The Balaban J connectivity index is 2.07. The quantitative estimate of drug-likeness (QED) is 0.0918. The van der Waals surface area contributed by atoms with Crippen molar-refractivity contribution >= 4 is 34.6 Å². The second-order valence-corrected chi connectivity index (χ2v) is 14.6. The van der Waals surface area contributed by atoms with Gasteiger partial charge in [-0.05, 0) is 106 Å². The number of amides is 2. The zero-order valence-corrected chi connectivity index (χ0v) is 30.8. The van der Waals surface area contributed by atoms with Gasteiger partial charge in [-0.2, -0.15) is 0 Å². The van der Waals surface area contributed by atoms with Gasteiger partial charge >= 0.3 is 18.2 Å². The molecule has 0 saturated carbocycles. The Hall–Kier alpha value is -3.89. The summed E-state index contributed by atoms with van der Waals surface area (Å²) in [5.41, 5.74) is -0.754. The number of nitrogens with zero attached hydrogens (tertiary/aromatic N) is 4. The number of ether oxygens (including phenoxy) is 4. The van der Waals surface area contributed by atoms with Crippen molar-refractivity contribution in [2.45, 2.75) is 84.8 Å². The standard InChI is InChI=1S/C35H51FN4O7S/c1-34(2,3)46-32(42)39(9)21-14-16-25-18-19-27(26(36)24-25)45-23-15-17-28-29(30(41)44-10)37-31(48-28)40(33(43)47-35(4,5)6)22-13-11-12-20-38(7)8/h18-19,24H,11-13,15,17,20-23H2,1-10H3. The molecular formula is C35H51FN4O7S. The molecule has 266 valence electrons. The number of carbonyl (C=O) groups excluding carboxylic acids is 3. The van der Waals surface area contributed by atoms with Crippen LogP contribution in [0.2, 0.25) is 0 Å². The topological polar surface area (TPSA) is 111 Å². The number of benzene rings is 1. The minimum Gasteiger partial charge on any atom is -0.491 e. The molecule has 0 atom stereocenters. The van der Waals surface area contributed by atoms with Crippen LogP contribution in [-0.4, -0.2) is 98.6 Å². The van der Waals surface area contributed by atoms with Gasteiger partial charge < -0.3 is 28.7 Å². The van der Waals surface area contributed by atoms with Crippen molar-refractivity contribution in [1.29, 1.82) is 0 Å². The van der Waals surface area contributed by atoms with Crippen LogP contribution < -0.4 is 9.64 Å². The van der Waals surface area contributed by atoms with Crippen LogP contribution >= 0.6 is 11.3 Å². The van der Waals surface area contributed by atoms with E-state index in [4.69, 9.17) is 18.9 Å². The number of anilines is 1. The maximum absolute atomic E-state index is 14.8. The Morgan fingerprint density at radius 1 is 0.917 bits per heavy atom. The van der Waals surface area contributed by atoms with Gasteiger partial charge in [0, 0.05) is 24.0 Å². The summed E-state index contributed by atoms with van der Waals surface area (Å²) in [4.78, 5) is 47.9. The first-order valence-electron chi connectivity index (χ1n) is 16.0. The number of carbonyl (C=O) groups is 3. The predicted octanol–water partition coefficient (Wildman–Crippen LogP) is 6.77. The van der Waals surface area contributed by atoms with E-state index < -0.39 is 35.2 Å². The maximum Gasteiger partial charge on any atom is 0.416 e. The molecule has 0 aliphatic heterocycles. The maximum atomic E-state index is 14.8. The molecule has 2 rings (SSSR count). The molecule has 1 aromatic carbocycles. The zero-order valence-electron chi connectivity index (χ0n) is 30.0. The van der Waals surface area contributed by atoms with Crippen LogP contribution in [0, 0.1) is 17.7 Å². The first kappa shape index (κ1) is 40.3. The lowest BCUT2D eigenvalue weighted by Gasteiger charge is -2.26. The molecule has 1 heterocycles. The lowest BCUT2D eigenvalue weighted by molar-refractivity contribution is 0.0320. The molecule has 1 aromatic heterocycles. The van der Waals surface area contributed by atoms with Gasteiger partial charge in [0.1, 0.15) is 11.2 Å². The highest BCUT2D eigenvalue weighted by Crippen LogP contribution is 2.30. The van der Waals surface area contributed by atoms with Gasteiger partial charge in [0.15, 0.2) is 22.4 Å². The molecule has 0 radical (unpaired) electrons. The van der Waals surface area contributed by atoms with Gasteiger partial charge in [0.2, 0.25) is 0 Å². The Morgan fingerprint density at radius 3 is 2.17 bits per heavy atom. The average molecular weight is 691 g/mol. The highest BCUT2D eigenvalue weighted by Gasteiger charge is 2.28. The zero-order chi connectivity index (χ0) is 36.1. The highest BCUT2D eigenvalue weighted by molar-refractivity contribution is 7.16. The summed E-state index contributed by atoms with van der Waals surface area (Å²) < 4.78 is 36.4. The molecule has 2 amide bonds.